The lowest BCUT2D eigenvalue weighted by atomic mass is 9.80. The van der Waals surface area contributed by atoms with Crippen LogP contribution >= 0.6 is 0 Å². The minimum absolute atomic E-state index is 0.0871. The summed E-state index contributed by atoms with van der Waals surface area (Å²) in [6.07, 6.45) is 7.18. The molecule has 6 rings (SSSR count). The van der Waals surface area contributed by atoms with E-state index in [0.29, 0.717) is 30.0 Å². The molecule has 28 heavy (non-hydrogen) atoms. The van der Waals surface area contributed by atoms with Gasteiger partial charge >= 0.3 is 0 Å². The van der Waals surface area contributed by atoms with Gasteiger partial charge in [0, 0.05) is 6.20 Å². The summed E-state index contributed by atoms with van der Waals surface area (Å²) < 4.78 is 12.0. The number of ether oxygens (including phenoxy) is 2. The van der Waals surface area contributed by atoms with Crippen molar-refractivity contribution in [3.8, 4) is 5.75 Å². The summed E-state index contributed by atoms with van der Waals surface area (Å²) in [5.74, 6) is 3.94. The van der Waals surface area contributed by atoms with Crippen LogP contribution in [0.5, 0.6) is 5.75 Å². The molecule has 5 unspecified atom stereocenters. The monoisotopic (exact) mass is 378 g/mol. The maximum Gasteiger partial charge on any atom is 0.251 e. The summed E-state index contributed by atoms with van der Waals surface area (Å²) in [6.45, 7) is 0.518. The molecule has 1 heterocycles. The number of carbonyl (C=O) groups is 1. The Morgan fingerprint density at radius 2 is 1.89 bits per heavy atom. The number of amides is 1. The van der Waals surface area contributed by atoms with Crippen molar-refractivity contribution in [3.63, 3.8) is 0 Å². The van der Waals surface area contributed by atoms with Crippen molar-refractivity contribution in [1.82, 2.24) is 4.98 Å². The molecular formula is C23H26N2O3. The normalized spacial score (nSPS) is 29.8. The topological polar surface area (TPSA) is 60.5 Å². The predicted molar refractivity (Wildman–Crippen MR) is 106 cm³/mol. The molecule has 0 aliphatic heterocycles. The van der Waals surface area contributed by atoms with E-state index in [1.54, 1.807) is 12.3 Å². The fraction of sp³-hybridized carbons (Fsp3) is 0.478. The molecule has 5 heteroatoms. The SMILES string of the molecule is O=C(COC1C2CC3CC(C2)C1C3)Nc1ncccc1OCc1ccccc1. The van der Waals surface area contributed by atoms with E-state index in [4.69, 9.17) is 9.47 Å². The van der Waals surface area contributed by atoms with Crippen molar-refractivity contribution >= 4 is 11.7 Å². The van der Waals surface area contributed by atoms with Crippen molar-refractivity contribution in [2.24, 2.45) is 23.7 Å². The Labute approximate surface area is 165 Å². The highest BCUT2D eigenvalue weighted by molar-refractivity contribution is 5.92. The van der Waals surface area contributed by atoms with Crippen LogP contribution in [0.4, 0.5) is 5.82 Å². The molecule has 0 saturated heterocycles. The molecule has 4 bridgehead atoms. The third-order valence-electron chi connectivity index (χ3n) is 6.65. The predicted octanol–water partition coefficient (Wildman–Crippen LogP) is 4.05. The fourth-order valence-electron chi connectivity index (χ4n) is 5.61. The second kappa shape index (κ2) is 7.55. The van der Waals surface area contributed by atoms with Crippen LogP contribution in [0.15, 0.2) is 48.7 Å². The van der Waals surface area contributed by atoms with Gasteiger partial charge in [0.1, 0.15) is 13.2 Å². The smallest absolute Gasteiger partial charge is 0.251 e. The highest BCUT2D eigenvalue weighted by Gasteiger charge is 2.54. The number of carbonyl (C=O) groups excluding carboxylic acids is 1. The number of anilines is 1. The second-order valence-electron chi connectivity index (χ2n) is 8.44. The van der Waals surface area contributed by atoms with Crippen LogP contribution in [0.3, 0.4) is 0 Å². The molecular weight excluding hydrogens is 352 g/mol. The first-order valence-corrected chi connectivity index (χ1v) is 10.3. The molecule has 5 nitrogen and oxygen atoms in total. The number of nitrogens with one attached hydrogen (secondary N) is 1. The highest BCUT2D eigenvalue weighted by Crippen LogP contribution is 2.58. The Kier molecular flexibility index (Phi) is 4.77. The highest BCUT2D eigenvalue weighted by atomic mass is 16.5. The summed E-state index contributed by atoms with van der Waals surface area (Å²) >= 11 is 0. The first kappa shape index (κ1) is 17.7. The number of rotatable bonds is 7. The van der Waals surface area contributed by atoms with Crippen LogP contribution in [0.25, 0.3) is 0 Å². The van der Waals surface area contributed by atoms with E-state index >= 15 is 0 Å². The fourth-order valence-corrected chi connectivity index (χ4v) is 5.61. The third-order valence-corrected chi connectivity index (χ3v) is 6.65. The van der Waals surface area contributed by atoms with Crippen LogP contribution in [-0.4, -0.2) is 23.6 Å². The Balaban J connectivity index is 1.16. The van der Waals surface area contributed by atoms with Crippen LogP contribution in [-0.2, 0) is 16.1 Å². The molecule has 1 N–H and O–H groups in total. The molecule has 4 saturated carbocycles. The Bertz CT molecular complexity index is 837. The molecule has 5 atom stereocenters. The van der Waals surface area contributed by atoms with E-state index in [2.05, 4.69) is 10.3 Å². The average molecular weight is 378 g/mol. The van der Waals surface area contributed by atoms with Crippen molar-refractivity contribution in [1.29, 1.82) is 0 Å². The van der Waals surface area contributed by atoms with E-state index in [1.165, 1.54) is 25.7 Å². The molecule has 4 aliphatic carbocycles. The van der Waals surface area contributed by atoms with Gasteiger partial charge in [-0.05, 0) is 67.1 Å². The van der Waals surface area contributed by atoms with Crippen LogP contribution in [0.2, 0.25) is 0 Å². The maximum absolute atomic E-state index is 12.5. The minimum Gasteiger partial charge on any atom is -0.485 e. The van der Waals surface area contributed by atoms with Crippen molar-refractivity contribution in [3.05, 3.63) is 54.2 Å². The van der Waals surface area contributed by atoms with Gasteiger partial charge in [-0.2, -0.15) is 0 Å². The largest absolute Gasteiger partial charge is 0.485 e. The van der Waals surface area contributed by atoms with E-state index < -0.39 is 0 Å². The maximum atomic E-state index is 12.5. The van der Waals surface area contributed by atoms with E-state index in [-0.39, 0.29) is 18.6 Å². The van der Waals surface area contributed by atoms with Gasteiger partial charge in [0.2, 0.25) is 0 Å². The first-order chi connectivity index (χ1) is 13.8. The Morgan fingerprint density at radius 1 is 1.04 bits per heavy atom. The van der Waals surface area contributed by atoms with Crippen LogP contribution in [0, 0.1) is 23.7 Å². The number of nitrogens with zero attached hydrogens (tertiary/aromatic N) is 1. The third kappa shape index (κ3) is 3.51. The van der Waals surface area contributed by atoms with Crippen LogP contribution in [0.1, 0.15) is 31.2 Å². The van der Waals surface area contributed by atoms with Crippen molar-refractivity contribution in [2.45, 2.75) is 38.4 Å². The zero-order chi connectivity index (χ0) is 18.9. The van der Waals surface area contributed by atoms with Gasteiger partial charge in [-0.25, -0.2) is 4.98 Å². The molecule has 0 radical (unpaired) electrons. The quantitative estimate of drug-likeness (QED) is 0.790. The van der Waals surface area contributed by atoms with Gasteiger partial charge in [-0.3, -0.25) is 4.79 Å². The summed E-state index contributed by atoms with van der Waals surface area (Å²) in [6, 6.07) is 13.6. The van der Waals surface area contributed by atoms with Crippen molar-refractivity contribution < 1.29 is 14.3 Å². The second-order valence-corrected chi connectivity index (χ2v) is 8.44. The zero-order valence-electron chi connectivity index (χ0n) is 15.9. The number of benzene rings is 1. The number of hydrogen-bond donors (Lipinski definition) is 1. The summed E-state index contributed by atoms with van der Waals surface area (Å²) in [5, 5.41) is 2.86. The molecule has 1 aromatic heterocycles. The molecule has 4 fully saturated rings. The number of pyridine rings is 1. The summed E-state index contributed by atoms with van der Waals surface area (Å²) in [4.78, 5) is 16.7. The molecule has 1 amide bonds. The molecule has 146 valence electrons. The molecule has 4 aliphatic rings. The van der Waals surface area contributed by atoms with Crippen molar-refractivity contribution in [2.75, 3.05) is 11.9 Å². The molecule has 2 aromatic rings. The average Bonchev–Trinajstić information content (AvgIpc) is 3.13. The van der Waals surface area contributed by atoms with E-state index in [1.807, 2.05) is 36.4 Å². The lowest BCUT2D eigenvalue weighted by Crippen LogP contribution is -2.33. The Morgan fingerprint density at radius 3 is 2.75 bits per heavy atom. The first-order valence-electron chi connectivity index (χ1n) is 10.3. The van der Waals surface area contributed by atoms with Gasteiger partial charge in [-0.15, -0.1) is 0 Å². The van der Waals surface area contributed by atoms with E-state index in [0.717, 1.165) is 17.4 Å². The molecule has 1 aromatic carbocycles. The summed E-state index contributed by atoms with van der Waals surface area (Å²) in [5.41, 5.74) is 1.07. The van der Waals surface area contributed by atoms with Gasteiger partial charge in [0.25, 0.3) is 5.91 Å². The number of aromatic nitrogens is 1. The van der Waals surface area contributed by atoms with E-state index in [9.17, 15) is 4.79 Å². The van der Waals surface area contributed by atoms with Gasteiger partial charge in [-0.1, -0.05) is 30.3 Å². The summed E-state index contributed by atoms with van der Waals surface area (Å²) in [7, 11) is 0. The van der Waals surface area contributed by atoms with Crippen LogP contribution < -0.4 is 10.1 Å². The minimum atomic E-state index is -0.166. The van der Waals surface area contributed by atoms with Gasteiger partial charge < -0.3 is 14.8 Å². The Hall–Kier alpha value is -2.40. The zero-order valence-corrected chi connectivity index (χ0v) is 15.9. The number of hydrogen-bond acceptors (Lipinski definition) is 4. The lowest BCUT2D eigenvalue weighted by Gasteiger charge is -2.31. The lowest BCUT2D eigenvalue weighted by molar-refractivity contribution is -0.125. The molecule has 0 spiro atoms. The van der Waals surface area contributed by atoms with Gasteiger partial charge in [0.15, 0.2) is 11.6 Å². The standard InChI is InChI=1S/C23H26N2O3/c26-21(14-28-22-18-10-16-9-17(12-18)19(22)11-16)25-23-20(7-4-8-24-23)27-13-15-5-2-1-3-6-15/h1-8,16-19,22H,9-14H2,(H,24,25,26). The van der Waals surface area contributed by atoms with Gasteiger partial charge in [0.05, 0.1) is 6.10 Å².